The van der Waals surface area contributed by atoms with E-state index in [1.807, 2.05) is 62.8 Å². The molecule has 1 aliphatic rings. The van der Waals surface area contributed by atoms with E-state index in [1.165, 1.54) is 10.4 Å². The second-order valence-electron chi connectivity index (χ2n) is 6.26. The number of carbonyl (C=O) groups excluding carboxylic acids is 1. The maximum Gasteiger partial charge on any atom is 0.257 e. The van der Waals surface area contributed by atoms with E-state index in [0.717, 1.165) is 34.1 Å². The molecule has 0 bridgehead atoms. The van der Waals surface area contributed by atoms with Crippen molar-refractivity contribution in [3.05, 3.63) is 58.5 Å². The van der Waals surface area contributed by atoms with Crippen LogP contribution in [0.2, 0.25) is 0 Å². The van der Waals surface area contributed by atoms with E-state index in [9.17, 15) is 4.79 Å². The summed E-state index contributed by atoms with van der Waals surface area (Å²) in [5.41, 5.74) is 3.17. The second kappa shape index (κ2) is 6.72. The molecule has 0 unspecified atom stereocenters. The van der Waals surface area contributed by atoms with Crippen LogP contribution >= 0.6 is 23.1 Å². The third-order valence-corrected chi connectivity index (χ3v) is 6.79. The second-order valence-corrected chi connectivity index (χ2v) is 8.45. The number of nitrogens with zero attached hydrogens (tertiary/aromatic N) is 4. The first-order chi connectivity index (χ1) is 12.1. The number of aromatic nitrogens is 3. The molecule has 25 heavy (non-hydrogen) atoms. The first-order valence-corrected chi connectivity index (χ1v) is 10.2. The molecule has 0 saturated carbocycles. The molecule has 3 aromatic heterocycles. The van der Waals surface area contributed by atoms with Gasteiger partial charge in [-0.05, 0) is 29.9 Å². The summed E-state index contributed by atoms with van der Waals surface area (Å²) in [4.78, 5) is 16.4. The van der Waals surface area contributed by atoms with Crippen molar-refractivity contribution in [3.63, 3.8) is 0 Å². The molecule has 130 valence electrons. The largest absolute Gasteiger partial charge is 0.337 e. The molecule has 0 N–H and O–H groups in total. The van der Waals surface area contributed by atoms with Gasteiger partial charge in [0.2, 0.25) is 0 Å². The zero-order valence-electron chi connectivity index (χ0n) is 14.3. The Morgan fingerprint density at radius 1 is 1.36 bits per heavy atom. The zero-order chi connectivity index (χ0) is 17.4. The molecule has 0 aliphatic carbocycles. The normalized spacial score (nSPS) is 13.7. The highest BCUT2D eigenvalue weighted by Crippen LogP contribution is 2.38. The number of amides is 1. The monoisotopic (exact) mass is 372 g/mol. The summed E-state index contributed by atoms with van der Waals surface area (Å²) in [7, 11) is 3.76. The van der Waals surface area contributed by atoms with Crippen molar-refractivity contribution < 1.29 is 4.79 Å². The highest BCUT2D eigenvalue weighted by molar-refractivity contribution is 7.98. The molecule has 1 aliphatic heterocycles. The minimum Gasteiger partial charge on any atom is -0.337 e. The zero-order valence-corrected chi connectivity index (χ0v) is 15.9. The van der Waals surface area contributed by atoms with Crippen LogP contribution in [0.3, 0.4) is 0 Å². The predicted octanol–water partition coefficient (Wildman–Crippen LogP) is 3.33. The molecular weight excluding hydrogens is 352 g/mol. The number of hydrogen-bond donors (Lipinski definition) is 0. The molecule has 0 atom stereocenters. The molecule has 0 fully saturated rings. The first-order valence-electron chi connectivity index (χ1n) is 8.22. The smallest absolute Gasteiger partial charge is 0.257 e. The molecule has 4 heterocycles. The van der Waals surface area contributed by atoms with Crippen molar-refractivity contribution >= 4 is 29.0 Å². The molecule has 3 aromatic rings. The molecule has 7 heteroatoms. The minimum atomic E-state index is 0.0944. The average molecular weight is 373 g/mol. The van der Waals surface area contributed by atoms with Gasteiger partial charge in [-0.25, -0.2) is 0 Å². The van der Waals surface area contributed by atoms with Gasteiger partial charge in [-0.15, -0.1) is 11.3 Å². The van der Waals surface area contributed by atoms with Crippen molar-refractivity contribution in [1.29, 1.82) is 0 Å². The Kier molecular flexibility index (Phi) is 4.43. The van der Waals surface area contributed by atoms with Crippen LogP contribution in [0.4, 0.5) is 0 Å². The van der Waals surface area contributed by atoms with Crippen LogP contribution in [0.1, 0.15) is 26.4 Å². The maximum atomic E-state index is 13.3. The Balaban J connectivity index is 1.70. The van der Waals surface area contributed by atoms with E-state index in [4.69, 9.17) is 0 Å². The predicted molar refractivity (Wildman–Crippen MR) is 103 cm³/mol. The maximum absolute atomic E-state index is 13.3. The van der Waals surface area contributed by atoms with Crippen LogP contribution in [0.25, 0.3) is 5.00 Å². The van der Waals surface area contributed by atoms with Crippen LogP contribution in [0.15, 0.2) is 36.9 Å². The number of thiophene rings is 1. The topological polar surface area (TPSA) is 43.1 Å². The minimum absolute atomic E-state index is 0.0944. The lowest BCUT2D eigenvalue weighted by molar-refractivity contribution is 0.0784. The Morgan fingerprint density at radius 3 is 2.88 bits per heavy atom. The number of carbonyl (C=O) groups is 1. The molecular formula is C18H20N4OS2. The molecule has 5 nitrogen and oxygen atoms in total. The first kappa shape index (κ1) is 16.5. The summed E-state index contributed by atoms with van der Waals surface area (Å²) >= 11 is 3.70. The van der Waals surface area contributed by atoms with Gasteiger partial charge in [0.15, 0.2) is 0 Å². The Morgan fingerprint density at radius 2 is 2.16 bits per heavy atom. The molecule has 0 radical (unpaired) electrons. The Hall–Kier alpha value is -1.99. The van der Waals surface area contributed by atoms with Gasteiger partial charge in [-0.3, -0.25) is 9.48 Å². The van der Waals surface area contributed by atoms with Crippen molar-refractivity contribution in [2.45, 2.75) is 18.7 Å². The van der Waals surface area contributed by atoms with E-state index in [1.54, 1.807) is 20.9 Å². The van der Waals surface area contributed by atoms with Crippen molar-refractivity contribution in [1.82, 2.24) is 19.2 Å². The Bertz CT molecular complexity index is 894. The lowest BCUT2D eigenvalue weighted by Crippen LogP contribution is -2.27. The van der Waals surface area contributed by atoms with Gasteiger partial charge in [-0.1, -0.05) is 0 Å². The number of rotatable bonds is 4. The van der Waals surface area contributed by atoms with Crippen LogP contribution in [0.5, 0.6) is 0 Å². The number of thioether (sulfide) groups is 1. The van der Waals surface area contributed by atoms with E-state index in [2.05, 4.69) is 9.67 Å². The van der Waals surface area contributed by atoms with Crippen molar-refractivity contribution in [3.8, 4) is 5.00 Å². The number of aryl methyl sites for hydroxylation is 1. The van der Waals surface area contributed by atoms with E-state index >= 15 is 0 Å². The van der Waals surface area contributed by atoms with Crippen LogP contribution in [0, 0.1) is 0 Å². The lowest BCUT2D eigenvalue weighted by atomic mass is 10.1. The highest BCUT2D eigenvalue weighted by atomic mass is 32.2. The molecule has 1 amide bonds. The van der Waals surface area contributed by atoms with E-state index in [-0.39, 0.29) is 5.91 Å². The highest BCUT2D eigenvalue weighted by Gasteiger charge is 2.28. The molecule has 0 saturated heterocycles. The van der Waals surface area contributed by atoms with E-state index in [0.29, 0.717) is 6.54 Å². The van der Waals surface area contributed by atoms with Gasteiger partial charge in [0, 0.05) is 55.4 Å². The van der Waals surface area contributed by atoms with Crippen LogP contribution in [-0.4, -0.2) is 38.0 Å². The van der Waals surface area contributed by atoms with Gasteiger partial charge in [0.05, 0.1) is 11.8 Å². The molecule has 0 spiro atoms. The van der Waals surface area contributed by atoms with Crippen LogP contribution < -0.4 is 0 Å². The summed E-state index contributed by atoms with van der Waals surface area (Å²) in [6, 6.07) is 4.00. The lowest BCUT2D eigenvalue weighted by Gasteiger charge is -2.19. The van der Waals surface area contributed by atoms with Gasteiger partial charge in [0.1, 0.15) is 5.00 Å². The van der Waals surface area contributed by atoms with Gasteiger partial charge < -0.3 is 9.47 Å². The van der Waals surface area contributed by atoms with Crippen molar-refractivity contribution in [2.75, 3.05) is 12.8 Å². The Labute approximate surface area is 155 Å². The fraction of sp³-hybridized carbons (Fsp3) is 0.333. The third kappa shape index (κ3) is 3.14. The standard InChI is InChI=1S/C18H20N4OS2/c1-20(10-13-9-19-21(2)11-13)17(23)16-14-5-8-24-12-15(14)25-18(16)22-6-3-4-7-22/h3-4,6-7,9,11H,5,8,10,12H2,1-2H3. The summed E-state index contributed by atoms with van der Waals surface area (Å²) in [6.45, 7) is 0.567. The van der Waals surface area contributed by atoms with Crippen molar-refractivity contribution in [2.24, 2.45) is 7.05 Å². The summed E-state index contributed by atoms with van der Waals surface area (Å²) in [5, 5.41) is 5.24. The van der Waals surface area contributed by atoms with Crippen LogP contribution in [-0.2, 0) is 25.8 Å². The van der Waals surface area contributed by atoms with Gasteiger partial charge in [0.25, 0.3) is 5.91 Å². The molecule has 4 rings (SSSR count). The number of fused-ring (bicyclic) bond motifs is 1. The fourth-order valence-corrected chi connectivity index (χ4v) is 5.62. The van der Waals surface area contributed by atoms with Gasteiger partial charge in [-0.2, -0.15) is 16.9 Å². The van der Waals surface area contributed by atoms with E-state index < -0.39 is 0 Å². The average Bonchev–Trinajstić information content (AvgIpc) is 3.33. The van der Waals surface area contributed by atoms with Gasteiger partial charge >= 0.3 is 0 Å². The fourth-order valence-electron chi connectivity index (χ4n) is 3.18. The SMILES string of the molecule is CN(Cc1cnn(C)c1)C(=O)c1c(-n2cccc2)sc2c1CCSC2. The number of hydrogen-bond acceptors (Lipinski definition) is 4. The third-order valence-electron chi connectivity index (χ3n) is 4.38. The summed E-state index contributed by atoms with van der Waals surface area (Å²) in [5.74, 6) is 2.19. The molecule has 0 aromatic carbocycles. The summed E-state index contributed by atoms with van der Waals surface area (Å²) < 4.78 is 3.83. The quantitative estimate of drug-likeness (QED) is 0.705. The summed E-state index contributed by atoms with van der Waals surface area (Å²) in [6.07, 6.45) is 8.77.